The standard InChI is InChI=1S/C24H20N2O8S/c1-32-22(29)14-10-15(23(30)33-2)12-16(11-14)25-20(27)13-34-24(31)17-6-3-4-7-18(17)26-21(28)19-8-5-9-35-19/h3-12H,13H2,1-2H3,(H,25,27)(H,26,28). The van der Waals surface area contributed by atoms with E-state index in [0.29, 0.717) is 4.88 Å². The molecule has 11 heteroatoms. The minimum Gasteiger partial charge on any atom is -0.465 e. The minimum atomic E-state index is -0.833. The van der Waals surface area contributed by atoms with Gasteiger partial charge in [0.25, 0.3) is 11.8 Å². The molecule has 0 spiro atoms. The van der Waals surface area contributed by atoms with Crippen molar-refractivity contribution in [1.82, 2.24) is 0 Å². The van der Waals surface area contributed by atoms with Gasteiger partial charge in [-0.3, -0.25) is 9.59 Å². The first-order valence-electron chi connectivity index (χ1n) is 10.0. The number of hydrogen-bond donors (Lipinski definition) is 2. The third-order valence-corrected chi connectivity index (χ3v) is 5.40. The first kappa shape index (κ1) is 25.1. The van der Waals surface area contributed by atoms with Crippen molar-refractivity contribution in [3.63, 3.8) is 0 Å². The predicted octanol–water partition coefficient (Wildman–Crippen LogP) is 3.37. The van der Waals surface area contributed by atoms with E-state index in [-0.39, 0.29) is 34.0 Å². The van der Waals surface area contributed by atoms with Gasteiger partial charge in [0, 0.05) is 5.69 Å². The van der Waals surface area contributed by atoms with E-state index in [0.717, 1.165) is 0 Å². The molecule has 0 aliphatic rings. The maximum atomic E-state index is 12.6. The Bertz CT molecular complexity index is 1240. The van der Waals surface area contributed by atoms with Gasteiger partial charge >= 0.3 is 17.9 Å². The van der Waals surface area contributed by atoms with Crippen LogP contribution in [0.25, 0.3) is 0 Å². The highest BCUT2D eigenvalue weighted by atomic mass is 32.1. The highest BCUT2D eigenvalue weighted by Gasteiger charge is 2.18. The molecule has 0 saturated heterocycles. The van der Waals surface area contributed by atoms with E-state index in [4.69, 9.17) is 4.74 Å². The molecule has 0 saturated carbocycles. The molecule has 0 radical (unpaired) electrons. The highest BCUT2D eigenvalue weighted by Crippen LogP contribution is 2.20. The second-order valence-electron chi connectivity index (χ2n) is 6.88. The number of thiophene rings is 1. The molecular formula is C24H20N2O8S. The maximum Gasteiger partial charge on any atom is 0.340 e. The number of carbonyl (C=O) groups is 5. The van der Waals surface area contributed by atoms with Crippen LogP contribution in [0.1, 0.15) is 40.7 Å². The van der Waals surface area contributed by atoms with E-state index >= 15 is 0 Å². The molecular weight excluding hydrogens is 476 g/mol. The van der Waals surface area contributed by atoms with Crippen LogP contribution in [0.15, 0.2) is 60.0 Å². The van der Waals surface area contributed by atoms with Gasteiger partial charge in [-0.05, 0) is 41.8 Å². The van der Waals surface area contributed by atoms with Gasteiger partial charge in [0.2, 0.25) is 0 Å². The minimum absolute atomic E-state index is 0.0121. The number of rotatable bonds is 8. The fourth-order valence-corrected chi connectivity index (χ4v) is 3.56. The zero-order chi connectivity index (χ0) is 25.4. The maximum absolute atomic E-state index is 12.6. The lowest BCUT2D eigenvalue weighted by atomic mass is 10.1. The topological polar surface area (TPSA) is 137 Å². The van der Waals surface area contributed by atoms with Crippen molar-refractivity contribution in [2.75, 3.05) is 31.5 Å². The molecule has 1 aromatic heterocycles. The summed E-state index contributed by atoms with van der Waals surface area (Å²) < 4.78 is 14.4. The van der Waals surface area contributed by atoms with Crippen molar-refractivity contribution >= 4 is 52.4 Å². The molecule has 0 atom stereocenters. The second kappa shape index (κ2) is 11.6. The number of para-hydroxylation sites is 1. The Balaban J connectivity index is 1.67. The van der Waals surface area contributed by atoms with E-state index in [9.17, 15) is 24.0 Å². The van der Waals surface area contributed by atoms with E-state index < -0.39 is 30.4 Å². The van der Waals surface area contributed by atoms with Crippen molar-refractivity contribution in [1.29, 1.82) is 0 Å². The van der Waals surface area contributed by atoms with Crippen molar-refractivity contribution in [2.45, 2.75) is 0 Å². The molecule has 0 unspecified atom stereocenters. The monoisotopic (exact) mass is 496 g/mol. The molecule has 180 valence electrons. The summed E-state index contributed by atoms with van der Waals surface area (Å²) in [6.45, 7) is -0.665. The average Bonchev–Trinajstić information content (AvgIpc) is 3.41. The number of carbonyl (C=O) groups excluding carboxylic acids is 5. The van der Waals surface area contributed by atoms with Crippen molar-refractivity contribution in [3.05, 3.63) is 81.5 Å². The molecule has 0 fully saturated rings. The summed E-state index contributed by atoms with van der Waals surface area (Å²) in [7, 11) is 2.34. The SMILES string of the molecule is COC(=O)c1cc(NC(=O)COC(=O)c2ccccc2NC(=O)c2cccs2)cc(C(=O)OC)c1. The number of amides is 2. The summed E-state index contributed by atoms with van der Waals surface area (Å²) in [4.78, 5) is 61.5. The third-order valence-electron chi connectivity index (χ3n) is 4.53. The molecule has 3 rings (SSSR count). The van der Waals surface area contributed by atoms with E-state index in [1.54, 1.807) is 29.6 Å². The van der Waals surface area contributed by atoms with Gasteiger partial charge in [-0.25, -0.2) is 14.4 Å². The first-order chi connectivity index (χ1) is 16.8. The summed E-state index contributed by atoms with van der Waals surface area (Å²) in [6, 6.07) is 13.4. The van der Waals surface area contributed by atoms with Crippen LogP contribution in [-0.2, 0) is 19.0 Å². The molecule has 35 heavy (non-hydrogen) atoms. The van der Waals surface area contributed by atoms with E-state index in [1.807, 2.05) is 0 Å². The Labute approximate surface area is 203 Å². The summed E-state index contributed by atoms with van der Waals surface area (Å²) in [5, 5.41) is 6.85. The van der Waals surface area contributed by atoms with Crippen LogP contribution < -0.4 is 10.6 Å². The highest BCUT2D eigenvalue weighted by molar-refractivity contribution is 7.12. The summed E-state index contributed by atoms with van der Waals surface area (Å²) in [6.07, 6.45) is 0. The van der Waals surface area contributed by atoms with Gasteiger partial charge in [-0.2, -0.15) is 0 Å². The van der Waals surface area contributed by atoms with Gasteiger partial charge < -0.3 is 24.8 Å². The quantitative estimate of drug-likeness (QED) is 0.358. The number of benzene rings is 2. The molecule has 1 heterocycles. The zero-order valence-electron chi connectivity index (χ0n) is 18.7. The van der Waals surface area contributed by atoms with Crippen LogP contribution in [0.3, 0.4) is 0 Å². The molecule has 3 aromatic rings. The summed E-state index contributed by atoms with van der Waals surface area (Å²) >= 11 is 1.25. The van der Waals surface area contributed by atoms with Gasteiger partial charge in [-0.1, -0.05) is 18.2 Å². The first-order valence-corrected chi connectivity index (χ1v) is 10.9. The lowest BCUT2D eigenvalue weighted by Gasteiger charge is -2.12. The van der Waals surface area contributed by atoms with Crippen LogP contribution in [0, 0.1) is 0 Å². The molecule has 2 amide bonds. The fraction of sp³-hybridized carbons (Fsp3) is 0.125. The van der Waals surface area contributed by atoms with Gasteiger partial charge in [0.1, 0.15) is 0 Å². The van der Waals surface area contributed by atoms with Gasteiger partial charge in [0.05, 0.1) is 41.5 Å². The van der Waals surface area contributed by atoms with Gasteiger partial charge in [-0.15, -0.1) is 11.3 Å². The lowest BCUT2D eigenvalue weighted by molar-refractivity contribution is -0.119. The number of ether oxygens (including phenoxy) is 3. The van der Waals surface area contributed by atoms with Crippen LogP contribution in [0.2, 0.25) is 0 Å². The second-order valence-corrected chi connectivity index (χ2v) is 7.83. The van der Waals surface area contributed by atoms with Crippen LogP contribution in [0.5, 0.6) is 0 Å². The Morgan fingerprint density at radius 1 is 0.800 bits per heavy atom. The zero-order valence-corrected chi connectivity index (χ0v) is 19.5. The normalized spacial score (nSPS) is 10.1. The predicted molar refractivity (Wildman–Crippen MR) is 127 cm³/mol. The van der Waals surface area contributed by atoms with E-state index in [1.165, 1.54) is 55.9 Å². The van der Waals surface area contributed by atoms with Crippen molar-refractivity contribution < 1.29 is 38.2 Å². The molecule has 0 aliphatic heterocycles. The van der Waals surface area contributed by atoms with E-state index in [2.05, 4.69) is 20.1 Å². The lowest BCUT2D eigenvalue weighted by Crippen LogP contribution is -2.22. The molecule has 10 nitrogen and oxygen atoms in total. The number of hydrogen-bond acceptors (Lipinski definition) is 9. The van der Waals surface area contributed by atoms with Crippen molar-refractivity contribution in [2.24, 2.45) is 0 Å². The number of esters is 3. The largest absolute Gasteiger partial charge is 0.465 e. The Morgan fingerprint density at radius 2 is 1.46 bits per heavy atom. The molecule has 0 bridgehead atoms. The number of methoxy groups -OCH3 is 2. The Morgan fingerprint density at radius 3 is 2.06 bits per heavy atom. The molecule has 2 aromatic carbocycles. The number of nitrogens with one attached hydrogen (secondary N) is 2. The van der Waals surface area contributed by atoms with Crippen LogP contribution in [0.4, 0.5) is 11.4 Å². The summed E-state index contributed by atoms with van der Waals surface area (Å²) in [5.41, 5.74) is 0.407. The smallest absolute Gasteiger partial charge is 0.340 e. The molecule has 2 N–H and O–H groups in total. The Hall–Kier alpha value is -4.51. The van der Waals surface area contributed by atoms with Crippen molar-refractivity contribution in [3.8, 4) is 0 Å². The van der Waals surface area contributed by atoms with Gasteiger partial charge in [0.15, 0.2) is 6.61 Å². The average molecular weight is 496 g/mol. The Kier molecular flexibility index (Phi) is 8.30. The summed E-state index contributed by atoms with van der Waals surface area (Å²) in [5.74, 6) is -3.39. The fourth-order valence-electron chi connectivity index (χ4n) is 2.94. The number of anilines is 2. The third kappa shape index (κ3) is 6.51. The molecule has 0 aliphatic carbocycles. The van der Waals surface area contributed by atoms with Crippen LogP contribution in [-0.4, -0.2) is 50.5 Å². The van der Waals surface area contributed by atoms with Crippen LogP contribution >= 0.6 is 11.3 Å².